The Labute approximate surface area is 137 Å². The first-order chi connectivity index (χ1) is 10.0. The first-order valence-electron chi connectivity index (χ1n) is 6.97. The van der Waals surface area contributed by atoms with Crippen LogP contribution in [0.2, 0.25) is 0 Å². The second-order valence-electron chi connectivity index (χ2n) is 5.29. The number of aromatic nitrogens is 2. The average molecular weight is 364 g/mol. The van der Waals surface area contributed by atoms with E-state index in [0.717, 1.165) is 21.7 Å². The van der Waals surface area contributed by atoms with Crippen LogP contribution < -0.4 is 5.32 Å². The molecule has 3 aromatic rings. The van der Waals surface area contributed by atoms with E-state index < -0.39 is 0 Å². The van der Waals surface area contributed by atoms with Gasteiger partial charge in [-0.3, -0.25) is 4.40 Å². The maximum atomic E-state index is 4.63. The zero-order chi connectivity index (χ0) is 15.0. The van der Waals surface area contributed by atoms with Crippen molar-refractivity contribution < 1.29 is 0 Å². The topological polar surface area (TPSA) is 29.3 Å². The molecule has 1 aromatic carbocycles. The van der Waals surface area contributed by atoms with Gasteiger partial charge >= 0.3 is 0 Å². The van der Waals surface area contributed by atoms with Crippen molar-refractivity contribution >= 4 is 32.2 Å². The second kappa shape index (κ2) is 5.91. The van der Waals surface area contributed by atoms with Gasteiger partial charge in [0.1, 0.15) is 0 Å². The van der Waals surface area contributed by atoms with Gasteiger partial charge in [0, 0.05) is 28.1 Å². The normalized spacial score (nSPS) is 13.0. The third kappa shape index (κ3) is 3.05. The minimum Gasteiger partial charge on any atom is -0.305 e. The molecule has 0 spiro atoms. The SMILES string of the molecule is Cc1cn2c(CNC(C)c3ccc(Br)cc3)c(C)nc2s1. The predicted octanol–water partition coefficient (Wildman–Crippen LogP) is 4.63. The summed E-state index contributed by atoms with van der Waals surface area (Å²) in [7, 11) is 0. The molecule has 5 heteroatoms. The number of halogens is 1. The smallest absolute Gasteiger partial charge is 0.194 e. The van der Waals surface area contributed by atoms with Crippen LogP contribution in [0.5, 0.6) is 0 Å². The summed E-state index contributed by atoms with van der Waals surface area (Å²) < 4.78 is 3.32. The van der Waals surface area contributed by atoms with E-state index in [1.165, 1.54) is 16.1 Å². The number of benzene rings is 1. The number of nitrogens with one attached hydrogen (secondary N) is 1. The Bertz CT molecular complexity index is 758. The molecule has 0 saturated heterocycles. The Hall–Kier alpha value is -1.17. The van der Waals surface area contributed by atoms with E-state index in [0.29, 0.717) is 6.04 Å². The molecule has 110 valence electrons. The van der Waals surface area contributed by atoms with Gasteiger partial charge in [-0.25, -0.2) is 4.98 Å². The largest absolute Gasteiger partial charge is 0.305 e. The van der Waals surface area contributed by atoms with E-state index in [9.17, 15) is 0 Å². The molecule has 1 unspecified atom stereocenters. The van der Waals surface area contributed by atoms with Gasteiger partial charge in [0.05, 0.1) is 11.4 Å². The number of fused-ring (bicyclic) bond motifs is 1. The Morgan fingerprint density at radius 1 is 1.29 bits per heavy atom. The average Bonchev–Trinajstić information content (AvgIpc) is 2.92. The van der Waals surface area contributed by atoms with Crippen LogP contribution in [0.15, 0.2) is 34.9 Å². The van der Waals surface area contributed by atoms with Gasteiger partial charge in [0.15, 0.2) is 4.96 Å². The Morgan fingerprint density at radius 2 is 2.00 bits per heavy atom. The zero-order valence-electron chi connectivity index (χ0n) is 12.4. The molecule has 0 aliphatic heterocycles. The summed E-state index contributed by atoms with van der Waals surface area (Å²) in [4.78, 5) is 7.00. The number of aryl methyl sites for hydroxylation is 2. The maximum Gasteiger partial charge on any atom is 0.194 e. The van der Waals surface area contributed by atoms with Crippen LogP contribution in [0.4, 0.5) is 0 Å². The second-order valence-corrected chi connectivity index (χ2v) is 7.42. The summed E-state index contributed by atoms with van der Waals surface area (Å²) in [5.74, 6) is 0. The van der Waals surface area contributed by atoms with Gasteiger partial charge in [-0.1, -0.05) is 28.1 Å². The van der Waals surface area contributed by atoms with E-state index in [1.54, 1.807) is 11.3 Å². The summed E-state index contributed by atoms with van der Waals surface area (Å²) in [5, 5.41) is 3.59. The number of hydrogen-bond donors (Lipinski definition) is 1. The van der Waals surface area contributed by atoms with Crippen molar-refractivity contribution in [2.45, 2.75) is 33.4 Å². The zero-order valence-corrected chi connectivity index (χ0v) is 14.8. The van der Waals surface area contributed by atoms with Gasteiger partial charge in [-0.15, -0.1) is 11.3 Å². The van der Waals surface area contributed by atoms with Gasteiger partial charge in [-0.2, -0.15) is 0 Å². The molecule has 2 heterocycles. The lowest BCUT2D eigenvalue weighted by molar-refractivity contribution is 0.564. The molecule has 1 atom stereocenters. The Morgan fingerprint density at radius 3 is 2.71 bits per heavy atom. The van der Waals surface area contributed by atoms with Gasteiger partial charge in [0.25, 0.3) is 0 Å². The van der Waals surface area contributed by atoms with Crippen LogP contribution in [-0.4, -0.2) is 9.38 Å². The highest BCUT2D eigenvalue weighted by atomic mass is 79.9. The quantitative estimate of drug-likeness (QED) is 0.732. The minimum absolute atomic E-state index is 0.308. The highest BCUT2D eigenvalue weighted by Gasteiger charge is 2.12. The number of hydrogen-bond acceptors (Lipinski definition) is 3. The molecule has 0 aliphatic rings. The number of imidazole rings is 1. The molecule has 3 rings (SSSR count). The standard InChI is InChI=1S/C16H18BrN3S/c1-10-9-20-15(12(3)19-16(20)21-10)8-18-11(2)13-4-6-14(17)7-5-13/h4-7,9,11,18H,8H2,1-3H3. The maximum absolute atomic E-state index is 4.63. The van der Waals surface area contributed by atoms with Gasteiger partial charge in [0.2, 0.25) is 0 Å². The molecule has 0 aliphatic carbocycles. The van der Waals surface area contributed by atoms with E-state index in [4.69, 9.17) is 0 Å². The van der Waals surface area contributed by atoms with E-state index in [1.807, 2.05) is 0 Å². The molecule has 2 aromatic heterocycles. The lowest BCUT2D eigenvalue weighted by Crippen LogP contribution is -2.19. The molecule has 0 fully saturated rings. The van der Waals surface area contributed by atoms with E-state index in [-0.39, 0.29) is 0 Å². The lowest BCUT2D eigenvalue weighted by atomic mass is 10.1. The van der Waals surface area contributed by atoms with Crippen molar-refractivity contribution in [1.29, 1.82) is 0 Å². The third-order valence-corrected chi connectivity index (χ3v) is 5.11. The molecule has 21 heavy (non-hydrogen) atoms. The number of thiazole rings is 1. The molecule has 1 N–H and O–H groups in total. The van der Waals surface area contributed by atoms with Crippen LogP contribution in [-0.2, 0) is 6.54 Å². The number of rotatable bonds is 4. The Kier molecular flexibility index (Phi) is 4.15. The molecule has 0 bridgehead atoms. The van der Waals surface area contributed by atoms with Gasteiger partial charge in [-0.05, 0) is 38.5 Å². The molecular formula is C16H18BrN3S. The fourth-order valence-corrected chi connectivity index (χ4v) is 3.60. The van der Waals surface area contributed by atoms with E-state index >= 15 is 0 Å². The highest BCUT2D eigenvalue weighted by molar-refractivity contribution is 9.10. The van der Waals surface area contributed by atoms with Crippen molar-refractivity contribution in [2.24, 2.45) is 0 Å². The molecule has 0 amide bonds. The van der Waals surface area contributed by atoms with Crippen molar-refractivity contribution in [3.63, 3.8) is 0 Å². The lowest BCUT2D eigenvalue weighted by Gasteiger charge is -2.14. The van der Waals surface area contributed by atoms with Crippen LogP contribution in [0, 0.1) is 13.8 Å². The predicted molar refractivity (Wildman–Crippen MR) is 91.9 cm³/mol. The van der Waals surface area contributed by atoms with Crippen LogP contribution in [0.1, 0.15) is 34.8 Å². The third-order valence-electron chi connectivity index (χ3n) is 3.69. The first kappa shape index (κ1) is 14.8. The fourth-order valence-electron chi connectivity index (χ4n) is 2.44. The van der Waals surface area contributed by atoms with Crippen LogP contribution in [0.3, 0.4) is 0 Å². The van der Waals surface area contributed by atoms with Crippen molar-refractivity contribution in [1.82, 2.24) is 14.7 Å². The Balaban J connectivity index is 1.76. The van der Waals surface area contributed by atoms with Crippen LogP contribution >= 0.6 is 27.3 Å². The minimum atomic E-state index is 0.308. The van der Waals surface area contributed by atoms with Crippen molar-refractivity contribution in [3.8, 4) is 0 Å². The summed E-state index contributed by atoms with van der Waals surface area (Å²) in [6.45, 7) is 7.21. The van der Waals surface area contributed by atoms with Crippen molar-refractivity contribution in [3.05, 3.63) is 56.8 Å². The monoisotopic (exact) mass is 363 g/mol. The number of nitrogens with zero attached hydrogens (tertiary/aromatic N) is 2. The van der Waals surface area contributed by atoms with E-state index in [2.05, 4.69) is 81.9 Å². The summed E-state index contributed by atoms with van der Waals surface area (Å²) in [6, 6.07) is 8.77. The highest BCUT2D eigenvalue weighted by Crippen LogP contribution is 2.22. The fraction of sp³-hybridized carbons (Fsp3) is 0.312. The van der Waals surface area contributed by atoms with Crippen molar-refractivity contribution in [2.75, 3.05) is 0 Å². The molecule has 0 saturated carbocycles. The summed E-state index contributed by atoms with van der Waals surface area (Å²) >= 11 is 5.21. The molecule has 0 radical (unpaired) electrons. The summed E-state index contributed by atoms with van der Waals surface area (Å²) in [5.41, 5.74) is 3.65. The summed E-state index contributed by atoms with van der Waals surface area (Å²) in [6.07, 6.45) is 2.17. The molecule has 3 nitrogen and oxygen atoms in total. The molecular weight excluding hydrogens is 346 g/mol. The van der Waals surface area contributed by atoms with Crippen LogP contribution in [0.25, 0.3) is 4.96 Å². The first-order valence-corrected chi connectivity index (χ1v) is 8.58. The van der Waals surface area contributed by atoms with Gasteiger partial charge < -0.3 is 5.32 Å².